The van der Waals surface area contributed by atoms with Gasteiger partial charge in [0.15, 0.2) is 11.6 Å². The minimum atomic E-state index is -0.553. The van der Waals surface area contributed by atoms with Crippen LogP contribution in [0.25, 0.3) is 20.8 Å². The summed E-state index contributed by atoms with van der Waals surface area (Å²) in [5.41, 5.74) is 9.09. The van der Waals surface area contributed by atoms with E-state index in [9.17, 15) is 4.79 Å². The highest BCUT2D eigenvalue weighted by molar-refractivity contribution is 7.22. The molecule has 1 aromatic carbocycles. The number of aryl methyl sites for hydroxylation is 1. The number of pyridine rings is 2. The number of ether oxygens (including phenoxy) is 3. The molecule has 5 aromatic rings. The van der Waals surface area contributed by atoms with Crippen molar-refractivity contribution in [2.75, 3.05) is 39.5 Å². The number of aromatic nitrogens is 3. The number of ketones is 1. The van der Waals surface area contributed by atoms with Crippen molar-refractivity contribution in [3.8, 4) is 22.1 Å². The van der Waals surface area contributed by atoms with E-state index >= 15 is 4.39 Å². The highest BCUT2D eigenvalue weighted by Crippen LogP contribution is 2.39. The lowest BCUT2D eigenvalue weighted by atomic mass is 10.1. The number of hydrogen-bond donors (Lipinski definition) is 2. The second kappa shape index (κ2) is 15.6. The number of carbonyl (C=O) groups excluding carboxylic acids is 1. The molecule has 230 valence electrons. The van der Waals surface area contributed by atoms with Gasteiger partial charge in [0, 0.05) is 50.6 Å². The Kier molecular flexibility index (Phi) is 11.1. The molecule has 0 aliphatic rings. The van der Waals surface area contributed by atoms with Crippen LogP contribution in [0.2, 0.25) is 0 Å². The summed E-state index contributed by atoms with van der Waals surface area (Å²) in [6, 6.07) is 13.9. The number of fused-ring (bicyclic) bond motifs is 1. The van der Waals surface area contributed by atoms with E-state index in [1.54, 1.807) is 31.3 Å². The first kappa shape index (κ1) is 31.4. The number of nitrogens with zero attached hydrogens (tertiary/aromatic N) is 3. The quantitative estimate of drug-likeness (QED) is 0.137. The molecule has 0 saturated heterocycles. The van der Waals surface area contributed by atoms with E-state index in [-0.39, 0.29) is 24.4 Å². The molecular weight excluding hydrogens is 585 g/mol. The third kappa shape index (κ3) is 8.74. The van der Waals surface area contributed by atoms with Crippen molar-refractivity contribution in [1.29, 1.82) is 0 Å². The molecule has 44 heavy (non-hydrogen) atoms. The second-order valence-corrected chi connectivity index (χ2v) is 11.1. The fourth-order valence-corrected chi connectivity index (χ4v) is 5.47. The summed E-state index contributed by atoms with van der Waals surface area (Å²) >= 11 is 1.48. The van der Waals surface area contributed by atoms with Crippen molar-refractivity contribution in [2.24, 2.45) is 5.73 Å². The molecule has 0 saturated carbocycles. The molecule has 4 heterocycles. The molecule has 0 fully saturated rings. The van der Waals surface area contributed by atoms with E-state index in [2.05, 4.69) is 20.4 Å². The van der Waals surface area contributed by atoms with Crippen molar-refractivity contribution in [3.63, 3.8) is 0 Å². The van der Waals surface area contributed by atoms with Gasteiger partial charge in [-0.1, -0.05) is 17.3 Å². The van der Waals surface area contributed by atoms with Gasteiger partial charge in [-0.15, -0.1) is 11.3 Å². The first-order chi connectivity index (χ1) is 21.5. The average molecular weight is 620 g/mol. The number of rotatable bonds is 17. The van der Waals surface area contributed by atoms with E-state index in [4.69, 9.17) is 24.5 Å². The van der Waals surface area contributed by atoms with Crippen LogP contribution in [0.1, 0.15) is 22.6 Å². The zero-order valence-electron chi connectivity index (χ0n) is 24.4. The zero-order valence-corrected chi connectivity index (χ0v) is 25.2. The number of Topliss-reactive ketones (excluding diaryl/α,β-unsaturated/α-hetero) is 1. The van der Waals surface area contributed by atoms with Crippen LogP contribution in [-0.4, -0.2) is 60.4 Å². The molecule has 4 aromatic heterocycles. The molecule has 0 bridgehead atoms. The Morgan fingerprint density at radius 1 is 0.977 bits per heavy atom. The Balaban J connectivity index is 1.16. The van der Waals surface area contributed by atoms with Gasteiger partial charge < -0.3 is 29.8 Å². The fourth-order valence-electron chi connectivity index (χ4n) is 4.43. The number of hydrogen-bond acceptors (Lipinski definition) is 11. The van der Waals surface area contributed by atoms with Crippen LogP contribution in [0, 0.1) is 12.7 Å². The molecule has 0 radical (unpaired) electrons. The van der Waals surface area contributed by atoms with Gasteiger partial charge in [0.05, 0.1) is 59.3 Å². The number of nitrogens with one attached hydrogen (secondary N) is 1. The monoisotopic (exact) mass is 619 g/mol. The van der Waals surface area contributed by atoms with Gasteiger partial charge in [0.1, 0.15) is 17.3 Å². The molecule has 0 aliphatic carbocycles. The molecule has 12 heteroatoms. The molecule has 0 spiro atoms. The van der Waals surface area contributed by atoms with Crippen LogP contribution in [-0.2, 0) is 33.7 Å². The molecular formula is C32H34FN5O5S. The van der Waals surface area contributed by atoms with Gasteiger partial charge in [-0.25, -0.2) is 4.39 Å². The first-order valence-corrected chi connectivity index (χ1v) is 15.1. The summed E-state index contributed by atoms with van der Waals surface area (Å²) in [5.74, 6) is 0.557. The molecule has 0 amide bonds. The Labute approximate surface area is 258 Å². The van der Waals surface area contributed by atoms with E-state index in [0.29, 0.717) is 68.8 Å². The van der Waals surface area contributed by atoms with Crippen molar-refractivity contribution in [2.45, 2.75) is 26.3 Å². The second-order valence-electron chi connectivity index (χ2n) is 10.1. The summed E-state index contributed by atoms with van der Waals surface area (Å²) < 4.78 is 37.6. The number of benzene rings is 1. The molecule has 3 N–H and O–H groups in total. The fraction of sp³-hybridized carbons (Fsp3) is 0.312. The summed E-state index contributed by atoms with van der Waals surface area (Å²) in [5, 5.41) is 7.18. The molecule has 0 atom stereocenters. The van der Waals surface area contributed by atoms with Crippen LogP contribution in [0.3, 0.4) is 0 Å². The van der Waals surface area contributed by atoms with Crippen molar-refractivity contribution >= 4 is 27.3 Å². The number of halogens is 1. The van der Waals surface area contributed by atoms with E-state index in [0.717, 1.165) is 26.4 Å². The first-order valence-electron chi connectivity index (χ1n) is 14.3. The zero-order chi connectivity index (χ0) is 30.7. The predicted octanol–water partition coefficient (Wildman–Crippen LogP) is 5.02. The smallest absolute Gasteiger partial charge is 0.166 e. The van der Waals surface area contributed by atoms with Gasteiger partial charge in [-0.2, -0.15) is 0 Å². The number of thiophene rings is 1. The maximum Gasteiger partial charge on any atom is 0.166 e. The normalized spacial score (nSPS) is 11.3. The topological polar surface area (TPSA) is 135 Å². The van der Waals surface area contributed by atoms with Crippen LogP contribution < -0.4 is 15.8 Å². The predicted molar refractivity (Wildman–Crippen MR) is 165 cm³/mol. The van der Waals surface area contributed by atoms with Gasteiger partial charge in [-0.05, 0) is 42.3 Å². The molecule has 5 rings (SSSR count). The van der Waals surface area contributed by atoms with Gasteiger partial charge in [-0.3, -0.25) is 14.8 Å². The largest absolute Gasteiger partial charge is 0.453 e. The summed E-state index contributed by atoms with van der Waals surface area (Å²) in [7, 11) is 0. The number of nitrogens with two attached hydrogens (primary N) is 1. The third-order valence-electron chi connectivity index (χ3n) is 6.51. The van der Waals surface area contributed by atoms with E-state index in [1.807, 2.05) is 24.4 Å². The van der Waals surface area contributed by atoms with Crippen molar-refractivity contribution in [1.82, 2.24) is 20.4 Å². The van der Waals surface area contributed by atoms with Gasteiger partial charge in [0.2, 0.25) is 0 Å². The van der Waals surface area contributed by atoms with Crippen molar-refractivity contribution < 1.29 is 27.9 Å². The maximum atomic E-state index is 15.0. The highest BCUT2D eigenvalue weighted by Gasteiger charge is 2.15. The molecule has 10 nitrogen and oxygen atoms in total. The van der Waals surface area contributed by atoms with E-state index in [1.165, 1.54) is 23.5 Å². The average Bonchev–Trinajstić information content (AvgIpc) is 3.64. The minimum Gasteiger partial charge on any atom is -0.453 e. The lowest BCUT2D eigenvalue weighted by molar-refractivity contribution is -0.117. The standard InChI is InChI=1S/C32H34FN5O5S/c1-21-14-24(38-43-21)17-25(39)15-22-3-5-29(26(33)16-22)42-30-6-8-36-28-18-31(44-32(28)30)27-4-2-23(20-37-27)19-35-9-11-41-13-12-40-10-7-34/h2-6,8,14,16,18,20,35H,7,9-13,15,17,19,34H2,1H3. The van der Waals surface area contributed by atoms with Crippen LogP contribution >= 0.6 is 11.3 Å². The Hall–Kier alpha value is -4.07. The molecule has 0 aliphatic heterocycles. The summed E-state index contributed by atoms with van der Waals surface area (Å²) in [4.78, 5) is 22.4. The van der Waals surface area contributed by atoms with Crippen LogP contribution in [0.4, 0.5) is 4.39 Å². The highest BCUT2D eigenvalue weighted by atomic mass is 32.1. The number of carbonyl (C=O) groups is 1. The van der Waals surface area contributed by atoms with Crippen LogP contribution in [0.5, 0.6) is 11.5 Å². The maximum absolute atomic E-state index is 15.0. The van der Waals surface area contributed by atoms with Crippen molar-refractivity contribution in [3.05, 3.63) is 89.3 Å². The SMILES string of the molecule is Cc1cc(CC(=O)Cc2ccc(Oc3ccnc4cc(-c5ccc(CNCCOCCOCCN)cn5)sc34)c(F)c2)no1. The lowest BCUT2D eigenvalue weighted by Crippen LogP contribution is -2.20. The third-order valence-corrected chi connectivity index (χ3v) is 7.67. The van der Waals surface area contributed by atoms with Crippen LogP contribution in [0.15, 0.2) is 65.4 Å². The molecule has 0 unspecified atom stereocenters. The lowest BCUT2D eigenvalue weighted by Gasteiger charge is -2.09. The Bertz CT molecular complexity index is 1670. The van der Waals surface area contributed by atoms with E-state index < -0.39 is 5.82 Å². The van der Waals surface area contributed by atoms with Gasteiger partial charge >= 0.3 is 0 Å². The van der Waals surface area contributed by atoms with Gasteiger partial charge in [0.25, 0.3) is 0 Å². The Morgan fingerprint density at radius 3 is 2.57 bits per heavy atom. The summed E-state index contributed by atoms with van der Waals surface area (Å²) in [6.45, 7) is 5.90. The Morgan fingerprint density at radius 2 is 1.82 bits per heavy atom. The summed E-state index contributed by atoms with van der Waals surface area (Å²) in [6.07, 6.45) is 3.68. The minimum absolute atomic E-state index is 0.0658.